The fourth-order valence-electron chi connectivity index (χ4n) is 4.66. The van der Waals surface area contributed by atoms with E-state index in [2.05, 4.69) is 5.32 Å². The van der Waals surface area contributed by atoms with Gasteiger partial charge in [0.15, 0.2) is 0 Å². The average molecular weight is 505 g/mol. The Balaban J connectivity index is 1.57. The van der Waals surface area contributed by atoms with Gasteiger partial charge in [-0.05, 0) is 60.7 Å². The van der Waals surface area contributed by atoms with Crippen molar-refractivity contribution in [3.63, 3.8) is 0 Å². The zero-order valence-electron chi connectivity index (χ0n) is 20.1. The number of carbonyl (C=O) groups excluding carboxylic acids is 1. The van der Waals surface area contributed by atoms with E-state index in [1.54, 1.807) is 36.4 Å². The maximum Gasteiger partial charge on any atom is 0.431 e. The molecular formula is C29H23F3N2O3. The monoisotopic (exact) mass is 504 g/mol. The van der Waals surface area contributed by atoms with Crippen molar-refractivity contribution in [2.75, 3.05) is 0 Å². The van der Waals surface area contributed by atoms with Gasteiger partial charge in [0.2, 0.25) is 0 Å². The minimum absolute atomic E-state index is 0.103. The first-order valence-corrected chi connectivity index (χ1v) is 11.7. The number of benzene rings is 3. The summed E-state index contributed by atoms with van der Waals surface area (Å²) in [5, 5.41) is 2.88. The van der Waals surface area contributed by atoms with Crippen molar-refractivity contribution >= 4 is 5.91 Å². The van der Waals surface area contributed by atoms with Crippen LogP contribution in [-0.2, 0) is 12.6 Å². The van der Waals surface area contributed by atoms with E-state index in [1.165, 1.54) is 0 Å². The molecular weight excluding hydrogens is 481 g/mol. The van der Waals surface area contributed by atoms with Crippen molar-refractivity contribution in [1.82, 2.24) is 10.3 Å². The van der Waals surface area contributed by atoms with Crippen molar-refractivity contribution in [2.45, 2.75) is 32.5 Å². The van der Waals surface area contributed by atoms with Crippen LogP contribution in [0.2, 0.25) is 0 Å². The lowest BCUT2D eigenvalue weighted by Gasteiger charge is -2.30. The Bertz CT molecular complexity index is 1560. The molecule has 0 saturated heterocycles. The smallest absolute Gasteiger partial charge is 0.431 e. The number of rotatable bonds is 4. The molecule has 188 valence electrons. The summed E-state index contributed by atoms with van der Waals surface area (Å²) in [5.74, 6) is 0.348. The van der Waals surface area contributed by atoms with Crippen LogP contribution in [0.1, 0.15) is 55.5 Å². The fraction of sp³-hybridized carbons (Fsp3) is 0.172. The van der Waals surface area contributed by atoms with Gasteiger partial charge in [0, 0.05) is 11.1 Å². The van der Waals surface area contributed by atoms with Gasteiger partial charge in [-0.3, -0.25) is 9.59 Å². The van der Waals surface area contributed by atoms with Gasteiger partial charge < -0.3 is 15.0 Å². The molecule has 3 aromatic carbocycles. The summed E-state index contributed by atoms with van der Waals surface area (Å²) in [4.78, 5) is 28.1. The van der Waals surface area contributed by atoms with E-state index in [4.69, 9.17) is 4.74 Å². The van der Waals surface area contributed by atoms with Crippen molar-refractivity contribution < 1.29 is 22.7 Å². The highest BCUT2D eigenvalue weighted by Crippen LogP contribution is 2.44. The van der Waals surface area contributed by atoms with Crippen molar-refractivity contribution in [1.29, 1.82) is 0 Å². The lowest BCUT2D eigenvalue weighted by atomic mass is 9.90. The standard InChI is InChI=1S/C29H23F3N2O3/c1-16-11-12-20-23(13-16)37-22-10-6-7-17(2)24(22)25(20)33-27(35)21-15-19(14-18-8-4-3-5-9-18)26(29(30,31)32)34-28(21)36/h3-13,15,25H,14H2,1-2H3,(H,33,35)(H,34,36). The molecule has 1 aliphatic rings. The number of aryl methyl sites for hydroxylation is 2. The Morgan fingerprint density at radius 3 is 2.46 bits per heavy atom. The fourth-order valence-corrected chi connectivity index (χ4v) is 4.66. The number of aromatic nitrogens is 1. The summed E-state index contributed by atoms with van der Waals surface area (Å²) in [6.07, 6.45) is -4.89. The maximum atomic E-state index is 13.8. The number of alkyl halides is 3. The Hall–Kier alpha value is -4.33. The van der Waals surface area contributed by atoms with Gasteiger partial charge in [-0.25, -0.2) is 0 Å². The lowest BCUT2D eigenvalue weighted by Crippen LogP contribution is -2.36. The van der Waals surface area contributed by atoms with Gasteiger partial charge in [0.25, 0.3) is 11.5 Å². The number of H-pyrrole nitrogens is 1. The minimum Gasteiger partial charge on any atom is -0.457 e. The molecule has 2 heterocycles. The van der Waals surface area contributed by atoms with Crippen LogP contribution in [-0.4, -0.2) is 10.9 Å². The largest absolute Gasteiger partial charge is 0.457 e. The molecule has 0 bridgehead atoms. The zero-order valence-corrected chi connectivity index (χ0v) is 20.1. The minimum atomic E-state index is -4.79. The van der Waals surface area contributed by atoms with Crippen molar-refractivity contribution in [3.8, 4) is 11.5 Å². The molecule has 0 fully saturated rings. The predicted molar refractivity (Wildman–Crippen MR) is 133 cm³/mol. The first-order chi connectivity index (χ1) is 17.6. The number of nitrogens with one attached hydrogen (secondary N) is 2. The van der Waals surface area contributed by atoms with Crippen LogP contribution in [0.4, 0.5) is 13.2 Å². The zero-order chi connectivity index (χ0) is 26.3. The van der Waals surface area contributed by atoms with Gasteiger partial charge >= 0.3 is 6.18 Å². The molecule has 0 saturated carbocycles. The lowest BCUT2D eigenvalue weighted by molar-refractivity contribution is -0.141. The number of ether oxygens (including phenoxy) is 1. The molecule has 2 N–H and O–H groups in total. The highest BCUT2D eigenvalue weighted by molar-refractivity contribution is 5.95. The quantitative estimate of drug-likeness (QED) is 0.346. The summed E-state index contributed by atoms with van der Waals surface area (Å²) in [5.41, 5.74) is 0.995. The van der Waals surface area contributed by atoms with E-state index in [9.17, 15) is 22.8 Å². The van der Waals surface area contributed by atoms with Gasteiger partial charge in [-0.1, -0.05) is 54.6 Å². The average Bonchev–Trinajstić information content (AvgIpc) is 2.84. The van der Waals surface area contributed by atoms with Crippen LogP contribution in [0.25, 0.3) is 0 Å². The SMILES string of the molecule is Cc1ccc2c(c1)Oc1cccc(C)c1C2NC(=O)c1cc(Cc2ccccc2)c(C(F)(F)F)[nH]c1=O. The van der Waals surface area contributed by atoms with Crippen LogP contribution in [0.15, 0.2) is 77.6 Å². The summed E-state index contributed by atoms with van der Waals surface area (Å²) in [6.45, 7) is 3.79. The molecule has 37 heavy (non-hydrogen) atoms. The van der Waals surface area contributed by atoms with E-state index >= 15 is 0 Å². The number of pyridine rings is 1. The summed E-state index contributed by atoms with van der Waals surface area (Å²) < 4.78 is 47.4. The third-order valence-corrected chi connectivity index (χ3v) is 6.44. The summed E-state index contributed by atoms with van der Waals surface area (Å²) >= 11 is 0. The molecule has 1 aliphatic heterocycles. The predicted octanol–water partition coefficient (Wildman–Crippen LogP) is 6.23. The number of amides is 1. The number of aromatic amines is 1. The molecule has 5 nitrogen and oxygen atoms in total. The molecule has 0 aliphatic carbocycles. The molecule has 5 rings (SSSR count). The van der Waals surface area contributed by atoms with Crippen molar-refractivity contribution in [2.24, 2.45) is 0 Å². The second kappa shape index (κ2) is 9.28. The summed E-state index contributed by atoms with van der Waals surface area (Å²) in [6, 6.07) is 20.0. The molecule has 8 heteroatoms. The van der Waals surface area contributed by atoms with E-state index in [0.29, 0.717) is 22.6 Å². The Morgan fingerprint density at radius 1 is 0.973 bits per heavy atom. The maximum absolute atomic E-state index is 13.8. The van der Waals surface area contributed by atoms with E-state index in [1.807, 2.05) is 49.2 Å². The molecule has 0 radical (unpaired) electrons. The second-order valence-electron chi connectivity index (χ2n) is 9.11. The highest BCUT2D eigenvalue weighted by Gasteiger charge is 2.36. The van der Waals surface area contributed by atoms with Crippen LogP contribution >= 0.6 is 0 Å². The molecule has 1 amide bonds. The number of hydrogen-bond acceptors (Lipinski definition) is 3. The number of fused-ring (bicyclic) bond motifs is 2. The summed E-state index contributed by atoms with van der Waals surface area (Å²) in [7, 11) is 0. The number of halogens is 3. The van der Waals surface area contributed by atoms with E-state index in [-0.39, 0.29) is 12.0 Å². The van der Waals surface area contributed by atoms with Gasteiger partial charge in [-0.15, -0.1) is 0 Å². The van der Waals surface area contributed by atoms with Gasteiger partial charge in [0.05, 0.1) is 6.04 Å². The molecule has 4 aromatic rings. The number of hydrogen-bond donors (Lipinski definition) is 2. The number of carbonyl (C=O) groups is 1. The molecule has 1 unspecified atom stereocenters. The van der Waals surface area contributed by atoms with Gasteiger partial charge in [-0.2, -0.15) is 13.2 Å². The highest BCUT2D eigenvalue weighted by atomic mass is 19.4. The van der Waals surface area contributed by atoms with Crippen LogP contribution in [0.3, 0.4) is 0 Å². The Kier molecular flexibility index (Phi) is 6.11. The van der Waals surface area contributed by atoms with Crippen molar-refractivity contribution in [3.05, 3.63) is 128 Å². The van der Waals surface area contributed by atoms with E-state index < -0.39 is 34.9 Å². The molecule has 1 aromatic heterocycles. The Labute approximate surface area is 210 Å². The normalized spacial score (nSPS) is 14.4. The topological polar surface area (TPSA) is 71.2 Å². The Morgan fingerprint density at radius 2 is 1.73 bits per heavy atom. The first-order valence-electron chi connectivity index (χ1n) is 11.7. The van der Waals surface area contributed by atoms with E-state index in [0.717, 1.165) is 22.8 Å². The second-order valence-corrected chi connectivity index (χ2v) is 9.11. The first kappa shape index (κ1) is 24.4. The van der Waals surface area contributed by atoms with Crippen LogP contribution in [0, 0.1) is 13.8 Å². The van der Waals surface area contributed by atoms with Crippen LogP contribution in [0.5, 0.6) is 11.5 Å². The third-order valence-electron chi connectivity index (χ3n) is 6.44. The van der Waals surface area contributed by atoms with Gasteiger partial charge in [0.1, 0.15) is 22.8 Å². The van der Waals surface area contributed by atoms with Crippen LogP contribution < -0.4 is 15.6 Å². The third kappa shape index (κ3) is 4.74. The molecule has 0 spiro atoms. The molecule has 1 atom stereocenters.